The summed E-state index contributed by atoms with van der Waals surface area (Å²) >= 11 is 0. The number of amides is 1. The quantitative estimate of drug-likeness (QED) is 0.757. The number of rotatable bonds is 2. The molecule has 0 aromatic rings. The highest BCUT2D eigenvalue weighted by Crippen LogP contribution is 2.37. The van der Waals surface area contributed by atoms with E-state index in [1.807, 2.05) is 4.90 Å². The Morgan fingerprint density at radius 3 is 2.61 bits per heavy atom. The summed E-state index contributed by atoms with van der Waals surface area (Å²) in [6.07, 6.45) is 2.04. The van der Waals surface area contributed by atoms with Gasteiger partial charge in [0.2, 0.25) is 0 Å². The zero-order valence-electron chi connectivity index (χ0n) is 12.1. The van der Waals surface area contributed by atoms with Gasteiger partial charge in [-0.05, 0) is 31.2 Å². The molecule has 4 nitrogen and oxygen atoms in total. The third-order valence-electron chi connectivity index (χ3n) is 4.77. The van der Waals surface area contributed by atoms with Crippen molar-refractivity contribution in [3.8, 4) is 0 Å². The van der Waals surface area contributed by atoms with Gasteiger partial charge < -0.3 is 14.5 Å². The van der Waals surface area contributed by atoms with E-state index in [0.717, 1.165) is 39.0 Å². The van der Waals surface area contributed by atoms with Crippen LogP contribution in [0, 0.1) is 11.3 Å². The fourth-order valence-electron chi connectivity index (χ4n) is 2.82. The summed E-state index contributed by atoms with van der Waals surface area (Å²) in [7, 11) is 2.07. The van der Waals surface area contributed by atoms with Gasteiger partial charge in [0, 0.05) is 26.2 Å². The van der Waals surface area contributed by atoms with Crippen LogP contribution in [0.2, 0.25) is 0 Å². The Hall–Kier alpha value is -0.770. The zero-order chi connectivity index (χ0) is 13.3. The molecule has 4 heteroatoms. The molecule has 1 amide bonds. The maximum absolute atomic E-state index is 12.1. The molecule has 2 rings (SSSR count). The van der Waals surface area contributed by atoms with Crippen molar-refractivity contribution in [2.24, 2.45) is 11.3 Å². The molecule has 2 atom stereocenters. The standard InChI is InChI=1S/C14H26N2O2/c1-11(2)14(3)6-8-16(10-14)13(17)18-12-5-7-15(4)9-12/h11-12H,5-10H2,1-4H3/t12-,14-/m0/s1. The van der Waals surface area contributed by atoms with Crippen LogP contribution in [-0.2, 0) is 4.74 Å². The number of ether oxygens (including phenoxy) is 1. The van der Waals surface area contributed by atoms with Crippen LogP contribution in [0.15, 0.2) is 0 Å². The highest BCUT2D eigenvalue weighted by atomic mass is 16.6. The van der Waals surface area contributed by atoms with Gasteiger partial charge in [0.25, 0.3) is 0 Å². The molecule has 0 aliphatic carbocycles. The Kier molecular flexibility index (Phi) is 3.85. The van der Waals surface area contributed by atoms with E-state index < -0.39 is 0 Å². The van der Waals surface area contributed by atoms with Crippen molar-refractivity contribution in [1.29, 1.82) is 0 Å². The van der Waals surface area contributed by atoms with Crippen molar-refractivity contribution < 1.29 is 9.53 Å². The van der Waals surface area contributed by atoms with E-state index in [0.29, 0.717) is 5.92 Å². The summed E-state index contributed by atoms with van der Waals surface area (Å²) in [6, 6.07) is 0. The molecule has 2 heterocycles. The Bertz CT molecular complexity index is 319. The molecule has 18 heavy (non-hydrogen) atoms. The van der Waals surface area contributed by atoms with Crippen molar-refractivity contribution in [2.45, 2.75) is 39.7 Å². The van der Waals surface area contributed by atoms with Gasteiger partial charge in [-0.3, -0.25) is 0 Å². The number of carbonyl (C=O) groups is 1. The highest BCUT2D eigenvalue weighted by molar-refractivity contribution is 5.68. The number of carbonyl (C=O) groups excluding carboxylic acids is 1. The summed E-state index contributed by atoms with van der Waals surface area (Å²) in [4.78, 5) is 16.2. The SMILES string of the molecule is CC(C)[C@@]1(C)CCN(C(=O)O[C@H]2CCN(C)C2)C1. The fourth-order valence-corrected chi connectivity index (χ4v) is 2.82. The smallest absolute Gasteiger partial charge is 0.410 e. The molecule has 0 spiro atoms. The monoisotopic (exact) mass is 254 g/mol. The second-order valence-electron chi connectivity index (χ2n) is 6.54. The molecule has 2 aliphatic rings. The summed E-state index contributed by atoms with van der Waals surface area (Å²) in [5.74, 6) is 0.605. The third kappa shape index (κ3) is 2.79. The van der Waals surface area contributed by atoms with Gasteiger partial charge in [-0.15, -0.1) is 0 Å². The van der Waals surface area contributed by atoms with E-state index in [-0.39, 0.29) is 17.6 Å². The van der Waals surface area contributed by atoms with Crippen molar-refractivity contribution in [2.75, 3.05) is 33.2 Å². The first-order chi connectivity index (χ1) is 8.40. The molecule has 0 saturated carbocycles. The summed E-state index contributed by atoms with van der Waals surface area (Å²) in [5, 5.41) is 0. The largest absolute Gasteiger partial charge is 0.445 e. The minimum absolute atomic E-state index is 0.0911. The van der Waals surface area contributed by atoms with Crippen molar-refractivity contribution >= 4 is 6.09 Å². The van der Waals surface area contributed by atoms with Crippen LogP contribution in [0.25, 0.3) is 0 Å². The first-order valence-electron chi connectivity index (χ1n) is 7.05. The number of likely N-dealkylation sites (tertiary alicyclic amines) is 2. The van der Waals surface area contributed by atoms with Gasteiger partial charge in [0.15, 0.2) is 0 Å². The Morgan fingerprint density at radius 2 is 2.11 bits per heavy atom. The molecule has 0 aromatic heterocycles. The molecular formula is C14H26N2O2. The Morgan fingerprint density at radius 1 is 1.39 bits per heavy atom. The molecule has 2 fully saturated rings. The third-order valence-corrected chi connectivity index (χ3v) is 4.77. The van der Waals surface area contributed by atoms with Crippen LogP contribution >= 0.6 is 0 Å². The van der Waals surface area contributed by atoms with E-state index in [4.69, 9.17) is 4.74 Å². The normalized spacial score (nSPS) is 33.4. The number of likely N-dealkylation sites (N-methyl/N-ethyl adjacent to an activating group) is 1. The lowest BCUT2D eigenvalue weighted by atomic mass is 9.79. The second kappa shape index (κ2) is 5.08. The minimum Gasteiger partial charge on any atom is -0.445 e. The lowest BCUT2D eigenvalue weighted by Crippen LogP contribution is -2.36. The van der Waals surface area contributed by atoms with Gasteiger partial charge in [-0.25, -0.2) is 4.79 Å². The van der Waals surface area contributed by atoms with E-state index in [9.17, 15) is 4.79 Å². The molecule has 0 aromatic carbocycles. The maximum Gasteiger partial charge on any atom is 0.410 e. The van der Waals surface area contributed by atoms with Crippen molar-refractivity contribution in [1.82, 2.24) is 9.80 Å². The van der Waals surface area contributed by atoms with E-state index >= 15 is 0 Å². The summed E-state index contributed by atoms with van der Waals surface area (Å²) < 4.78 is 5.58. The molecule has 0 radical (unpaired) electrons. The van der Waals surface area contributed by atoms with E-state index in [1.54, 1.807) is 0 Å². The van der Waals surface area contributed by atoms with Crippen LogP contribution in [-0.4, -0.2) is 55.2 Å². The second-order valence-corrected chi connectivity index (χ2v) is 6.54. The molecule has 104 valence electrons. The van der Waals surface area contributed by atoms with Gasteiger partial charge in [0.1, 0.15) is 6.10 Å². The molecule has 2 aliphatic heterocycles. The predicted molar refractivity (Wildman–Crippen MR) is 71.5 cm³/mol. The van der Waals surface area contributed by atoms with Crippen LogP contribution in [0.3, 0.4) is 0 Å². The topological polar surface area (TPSA) is 32.8 Å². The van der Waals surface area contributed by atoms with Gasteiger partial charge in [-0.1, -0.05) is 20.8 Å². The number of nitrogens with zero attached hydrogens (tertiary/aromatic N) is 2. The van der Waals surface area contributed by atoms with Crippen molar-refractivity contribution in [3.63, 3.8) is 0 Å². The molecule has 0 unspecified atom stereocenters. The van der Waals surface area contributed by atoms with E-state index in [2.05, 4.69) is 32.7 Å². The van der Waals surface area contributed by atoms with Crippen LogP contribution in [0.5, 0.6) is 0 Å². The number of hydrogen-bond donors (Lipinski definition) is 0. The lowest BCUT2D eigenvalue weighted by Gasteiger charge is -2.28. The number of hydrogen-bond acceptors (Lipinski definition) is 3. The van der Waals surface area contributed by atoms with Crippen LogP contribution in [0.4, 0.5) is 4.79 Å². The fraction of sp³-hybridized carbons (Fsp3) is 0.929. The van der Waals surface area contributed by atoms with Crippen LogP contribution < -0.4 is 0 Å². The Balaban J connectivity index is 1.84. The first kappa shape index (κ1) is 13.7. The highest BCUT2D eigenvalue weighted by Gasteiger charge is 2.39. The average molecular weight is 254 g/mol. The van der Waals surface area contributed by atoms with Gasteiger partial charge >= 0.3 is 6.09 Å². The predicted octanol–water partition coefficient (Wildman–Crippen LogP) is 2.20. The van der Waals surface area contributed by atoms with Crippen LogP contribution in [0.1, 0.15) is 33.6 Å². The van der Waals surface area contributed by atoms with Gasteiger partial charge in [-0.2, -0.15) is 0 Å². The Labute approximate surface area is 110 Å². The van der Waals surface area contributed by atoms with E-state index in [1.165, 1.54) is 0 Å². The minimum atomic E-state index is -0.111. The lowest BCUT2D eigenvalue weighted by molar-refractivity contribution is 0.0683. The summed E-state index contributed by atoms with van der Waals surface area (Å²) in [5.41, 5.74) is 0.255. The van der Waals surface area contributed by atoms with Crippen molar-refractivity contribution in [3.05, 3.63) is 0 Å². The van der Waals surface area contributed by atoms with Gasteiger partial charge in [0.05, 0.1) is 0 Å². The molecule has 0 bridgehead atoms. The maximum atomic E-state index is 12.1. The zero-order valence-corrected chi connectivity index (χ0v) is 12.1. The first-order valence-corrected chi connectivity index (χ1v) is 7.05. The summed E-state index contributed by atoms with van der Waals surface area (Å²) in [6.45, 7) is 10.3. The average Bonchev–Trinajstić information content (AvgIpc) is 2.86. The molecule has 2 saturated heterocycles. The molecule has 0 N–H and O–H groups in total. The molecular weight excluding hydrogens is 228 g/mol.